The quantitative estimate of drug-likeness (QED) is 0.881. The average molecular weight is 256 g/mol. The maximum atomic E-state index is 13.0. The lowest BCUT2D eigenvalue weighted by Crippen LogP contribution is -2.00. The van der Waals surface area contributed by atoms with E-state index in [0.29, 0.717) is 0 Å². The van der Waals surface area contributed by atoms with E-state index in [1.165, 1.54) is 0 Å². The van der Waals surface area contributed by atoms with Crippen LogP contribution in [0.2, 0.25) is 0 Å². The van der Waals surface area contributed by atoms with E-state index in [1.807, 2.05) is 0 Å². The molecule has 0 unspecified atom stereocenters. The molecule has 1 aromatic heterocycles. The summed E-state index contributed by atoms with van der Waals surface area (Å²) in [6.07, 6.45) is -1.95. The molecular formula is C7H5BrF3NO. The largest absolute Gasteiger partial charge is 0.392 e. The minimum atomic E-state index is -2.95. The van der Waals surface area contributed by atoms with Crippen LogP contribution in [0, 0.1) is 5.82 Å². The molecule has 0 aromatic carbocycles. The highest BCUT2D eigenvalue weighted by molar-refractivity contribution is 9.10. The second-order valence-corrected chi connectivity index (χ2v) is 3.05. The van der Waals surface area contributed by atoms with Crippen LogP contribution in [0.1, 0.15) is 17.7 Å². The summed E-state index contributed by atoms with van der Waals surface area (Å²) in [5.41, 5.74) is -0.772. The van der Waals surface area contributed by atoms with Gasteiger partial charge in [-0.3, -0.25) is 4.98 Å². The van der Waals surface area contributed by atoms with Gasteiger partial charge in [0.05, 0.1) is 11.1 Å². The van der Waals surface area contributed by atoms with Crippen LogP contribution in [-0.4, -0.2) is 10.1 Å². The van der Waals surface area contributed by atoms with E-state index in [0.717, 1.165) is 6.20 Å². The third-order valence-corrected chi connectivity index (χ3v) is 2.29. The Labute approximate surface area is 80.5 Å². The van der Waals surface area contributed by atoms with E-state index in [-0.39, 0.29) is 10.0 Å². The smallest absolute Gasteiger partial charge is 0.283 e. The van der Waals surface area contributed by atoms with Gasteiger partial charge in [-0.2, -0.15) is 0 Å². The molecule has 1 rings (SSSR count). The van der Waals surface area contributed by atoms with Crippen LogP contribution >= 0.6 is 15.9 Å². The lowest BCUT2D eigenvalue weighted by molar-refractivity contribution is 0.140. The standard InChI is InChI=1S/C7H5BrF3NO/c8-4-3(2-13)1-12-6(5(4)9)7(10)11/h1,7,13H,2H2. The summed E-state index contributed by atoms with van der Waals surface area (Å²) in [6, 6.07) is 0. The summed E-state index contributed by atoms with van der Waals surface area (Å²) >= 11 is 2.75. The van der Waals surface area contributed by atoms with Gasteiger partial charge in [-0.15, -0.1) is 0 Å². The Hall–Kier alpha value is -0.620. The summed E-state index contributed by atoms with van der Waals surface area (Å²) in [4.78, 5) is 3.19. The van der Waals surface area contributed by atoms with Crippen LogP contribution in [0.25, 0.3) is 0 Å². The predicted molar refractivity (Wildman–Crippen MR) is 42.8 cm³/mol. The number of alkyl halides is 2. The zero-order valence-corrected chi connectivity index (χ0v) is 7.85. The molecule has 0 bridgehead atoms. The van der Waals surface area contributed by atoms with Gasteiger partial charge in [0.2, 0.25) is 0 Å². The van der Waals surface area contributed by atoms with Crippen LogP contribution in [0.4, 0.5) is 13.2 Å². The predicted octanol–water partition coefficient (Wildman–Crippen LogP) is 2.41. The Morgan fingerprint density at radius 1 is 1.54 bits per heavy atom. The molecule has 1 heterocycles. The summed E-state index contributed by atoms with van der Waals surface area (Å²) in [7, 11) is 0. The Morgan fingerprint density at radius 3 is 2.62 bits per heavy atom. The number of halogens is 4. The maximum absolute atomic E-state index is 13.0. The zero-order chi connectivity index (χ0) is 10.0. The molecule has 1 aromatic rings. The van der Waals surface area contributed by atoms with E-state index < -0.39 is 24.5 Å². The molecule has 0 spiro atoms. The minimum Gasteiger partial charge on any atom is -0.392 e. The molecule has 0 aliphatic heterocycles. The molecule has 72 valence electrons. The molecule has 1 N–H and O–H groups in total. The van der Waals surface area contributed by atoms with Crippen LogP contribution in [0.15, 0.2) is 10.7 Å². The number of nitrogens with zero attached hydrogens (tertiary/aromatic N) is 1. The van der Waals surface area contributed by atoms with Gasteiger partial charge in [-0.1, -0.05) is 0 Å². The van der Waals surface area contributed by atoms with Crippen molar-refractivity contribution < 1.29 is 18.3 Å². The van der Waals surface area contributed by atoms with Gasteiger partial charge < -0.3 is 5.11 Å². The monoisotopic (exact) mass is 255 g/mol. The van der Waals surface area contributed by atoms with E-state index in [4.69, 9.17) is 5.11 Å². The molecular weight excluding hydrogens is 251 g/mol. The number of rotatable bonds is 2. The van der Waals surface area contributed by atoms with Gasteiger partial charge in [0.1, 0.15) is 5.69 Å². The fourth-order valence-electron chi connectivity index (χ4n) is 0.777. The van der Waals surface area contributed by atoms with E-state index >= 15 is 0 Å². The minimum absolute atomic E-state index is 0.141. The normalized spacial score (nSPS) is 10.9. The maximum Gasteiger partial charge on any atom is 0.283 e. The molecule has 13 heavy (non-hydrogen) atoms. The number of aliphatic hydroxyl groups excluding tert-OH is 1. The van der Waals surface area contributed by atoms with E-state index in [9.17, 15) is 13.2 Å². The number of aliphatic hydroxyl groups is 1. The van der Waals surface area contributed by atoms with Gasteiger partial charge in [0.25, 0.3) is 6.43 Å². The van der Waals surface area contributed by atoms with Crippen molar-refractivity contribution in [3.05, 3.63) is 27.7 Å². The van der Waals surface area contributed by atoms with Crippen molar-refractivity contribution in [3.8, 4) is 0 Å². The number of pyridine rings is 1. The molecule has 0 radical (unpaired) electrons. The first-order valence-electron chi connectivity index (χ1n) is 3.29. The lowest BCUT2D eigenvalue weighted by Gasteiger charge is -2.05. The van der Waals surface area contributed by atoms with Gasteiger partial charge >= 0.3 is 0 Å². The Bertz CT molecular complexity index is 319. The topological polar surface area (TPSA) is 33.1 Å². The second kappa shape index (κ2) is 4.06. The molecule has 0 aliphatic rings. The molecule has 0 atom stereocenters. The molecule has 0 amide bonds. The molecule has 2 nitrogen and oxygen atoms in total. The Kier molecular flexibility index (Phi) is 3.27. The number of aromatic nitrogens is 1. The summed E-state index contributed by atoms with van der Waals surface area (Å²) in [6.45, 7) is -0.450. The Balaban J connectivity index is 3.23. The van der Waals surface area contributed by atoms with E-state index in [1.54, 1.807) is 0 Å². The first kappa shape index (κ1) is 10.5. The van der Waals surface area contributed by atoms with Gasteiger partial charge in [0, 0.05) is 11.8 Å². The third kappa shape index (κ3) is 2.00. The fourth-order valence-corrected chi connectivity index (χ4v) is 1.21. The van der Waals surface area contributed by atoms with Gasteiger partial charge in [-0.05, 0) is 15.9 Å². The molecule has 0 aliphatic carbocycles. The first-order chi connectivity index (χ1) is 6.07. The van der Waals surface area contributed by atoms with Gasteiger partial charge in [0.15, 0.2) is 5.82 Å². The zero-order valence-electron chi connectivity index (χ0n) is 6.27. The van der Waals surface area contributed by atoms with Crippen molar-refractivity contribution in [2.45, 2.75) is 13.0 Å². The van der Waals surface area contributed by atoms with Crippen molar-refractivity contribution in [1.29, 1.82) is 0 Å². The van der Waals surface area contributed by atoms with Crippen LogP contribution < -0.4 is 0 Å². The summed E-state index contributed by atoms with van der Waals surface area (Å²) in [5.74, 6) is -1.12. The average Bonchev–Trinajstić information content (AvgIpc) is 2.09. The molecule has 6 heteroatoms. The Morgan fingerprint density at radius 2 is 2.15 bits per heavy atom. The van der Waals surface area contributed by atoms with Crippen molar-refractivity contribution in [3.63, 3.8) is 0 Å². The molecule has 0 saturated heterocycles. The third-order valence-electron chi connectivity index (χ3n) is 1.44. The van der Waals surface area contributed by atoms with Crippen LogP contribution in [-0.2, 0) is 6.61 Å². The molecule has 0 fully saturated rings. The van der Waals surface area contributed by atoms with E-state index in [2.05, 4.69) is 20.9 Å². The first-order valence-corrected chi connectivity index (χ1v) is 4.09. The second-order valence-electron chi connectivity index (χ2n) is 2.26. The van der Waals surface area contributed by atoms with Crippen molar-refractivity contribution >= 4 is 15.9 Å². The highest BCUT2D eigenvalue weighted by Gasteiger charge is 2.19. The SMILES string of the molecule is OCc1cnc(C(F)F)c(F)c1Br. The van der Waals surface area contributed by atoms with Crippen molar-refractivity contribution in [2.24, 2.45) is 0 Å². The number of hydrogen-bond donors (Lipinski definition) is 1. The van der Waals surface area contributed by atoms with Crippen molar-refractivity contribution in [1.82, 2.24) is 4.98 Å². The van der Waals surface area contributed by atoms with Crippen LogP contribution in [0.5, 0.6) is 0 Å². The van der Waals surface area contributed by atoms with Crippen molar-refractivity contribution in [2.75, 3.05) is 0 Å². The highest BCUT2D eigenvalue weighted by atomic mass is 79.9. The van der Waals surface area contributed by atoms with Crippen LogP contribution in [0.3, 0.4) is 0 Å². The summed E-state index contributed by atoms with van der Waals surface area (Å²) in [5, 5.41) is 8.65. The molecule has 0 saturated carbocycles. The van der Waals surface area contributed by atoms with Gasteiger partial charge in [-0.25, -0.2) is 13.2 Å². The fraction of sp³-hybridized carbons (Fsp3) is 0.286. The highest BCUT2D eigenvalue weighted by Crippen LogP contribution is 2.27. The lowest BCUT2D eigenvalue weighted by atomic mass is 10.2. The number of hydrogen-bond acceptors (Lipinski definition) is 2. The summed E-state index contributed by atoms with van der Waals surface area (Å²) < 4.78 is 36.9.